The molecular formula is C22H22N4O3. The van der Waals surface area contributed by atoms with Crippen molar-refractivity contribution in [3.05, 3.63) is 65.7 Å². The Hall–Kier alpha value is -3.48. The standard InChI is InChI=1S/C22H22N4O3/c1-15-24-19(16-9-10-20(29-2)23-13-16)14-25(15)11-5-6-12-26-21(27)17-7-3-4-8-18(17)22(26)28/h3-4,7-10,13-14H,5-6,11-12H2,1-2H3. The molecule has 1 aliphatic rings. The van der Waals surface area contributed by atoms with Crippen LogP contribution in [-0.2, 0) is 6.54 Å². The summed E-state index contributed by atoms with van der Waals surface area (Å²) in [5, 5.41) is 0. The summed E-state index contributed by atoms with van der Waals surface area (Å²) in [5.41, 5.74) is 2.79. The van der Waals surface area contributed by atoms with E-state index in [0.717, 1.165) is 36.5 Å². The van der Waals surface area contributed by atoms with E-state index in [1.165, 1.54) is 4.90 Å². The van der Waals surface area contributed by atoms with Crippen LogP contribution in [0.3, 0.4) is 0 Å². The van der Waals surface area contributed by atoms with Crippen molar-refractivity contribution in [2.75, 3.05) is 13.7 Å². The number of nitrogens with zero attached hydrogens (tertiary/aromatic N) is 4. The number of ether oxygens (including phenoxy) is 1. The van der Waals surface area contributed by atoms with Crippen molar-refractivity contribution in [1.29, 1.82) is 0 Å². The highest BCUT2D eigenvalue weighted by Crippen LogP contribution is 2.23. The van der Waals surface area contributed by atoms with Gasteiger partial charge in [-0.3, -0.25) is 14.5 Å². The van der Waals surface area contributed by atoms with E-state index < -0.39 is 0 Å². The summed E-state index contributed by atoms with van der Waals surface area (Å²) in [7, 11) is 1.59. The highest BCUT2D eigenvalue weighted by atomic mass is 16.5. The Bertz CT molecular complexity index is 1020. The molecule has 7 nitrogen and oxygen atoms in total. The predicted molar refractivity (Wildman–Crippen MR) is 108 cm³/mol. The zero-order chi connectivity index (χ0) is 20.4. The molecule has 0 atom stereocenters. The lowest BCUT2D eigenvalue weighted by atomic mass is 10.1. The van der Waals surface area contributed by atoms with Gasteiger partial charge in [0.25, 0.3) is 11.8 Å². The molecule has 3 heterocycles. The summed E-state index contributed by atoms with van der Waals surface area (Å²) >= 11 is 0. The summed E-state index contributed by atoms with van der Waals surface area (Å²) < 4.78 is 7.17. The largest absolute Gasteiger partial charge is 0.481 e. The Kier molecular flexibility index (Phi) is 5.12. The van der Waals surface area contributed by atoms with Crippen LogP contribution in [-0.4, -0.2) is 44.9 Å². The molecule has 0 aliphatic carbocycles. The number of benzene rings is 1. The van der Waals surface area contributed by atoms with Gasteiger partial charge < -0.3 is 9.30 Å². The Labute approximate surface area is 169 Å². The van der Waals surface area contributed by atoms with Gasteiger partial charge in [-0.1, -0.05) is 12.1 Å². The van der Waals surface area contributed by atoms with Gasteiger partial charge in [0.15, 0.2) is 0 Å². The van der Waals surface area contributed by atoms with Crippen LogP contribution in [0.15, 0.2) is 48.8 Å². The quantitative estimate of drug-likeness (QED) is 0.457. The number of methoxy groups -OCH3 is 1. The van der Waals surface area contributed by atoms with Crippen molar-refractivity contribution in [3.63, 3.8) is 0 Å². The van der Waals surface area contributed by atoms with Gasteiger partial charge in [-0.2, -0.15) is 0 Å². The maximum atomic E-state index is 12.4. The fraction of sp³-hybridized carbons (Fsp3) is 0.273. The number of aromatic nitrogens is 3. The summed E-state index contributed by atoms with van der Waals surface area (Å²) in [4.78, 5) is 35.0. The second-order valence-electron chi connectivity index (χ2n) is 6.97. The van der Waals surface area contributed by atoms with Crippen molar-refractivity contribution in [2.45, 2.75) is 26.3 Å². The van der Waals surface area contributed by atoms with Gasteiger partial charge in [0.1, 0.15) is 5.82 Å². The van der Waals surface area contributed by atoms with Crippen LogP contribution >= 0.6 is 0 Å². The second-order valence-corrected chi connectivity index (χ2v) is 6.97. The van der Waals surface area contributed by atoms with Crippen molar-refractivity contribution in [1.82, 2.24) is 19.4 Å². The molecule has 0 fully saturated rings. The smallest absolute Gasteiger partial charge is 0.261 e. The number of hydrogen-bond acceptors (Lipinski definition) is 5. The SMILES string of the molecule is COc1ccc(-c2cn(CCCCN3C(=O)c4ccccc4C3=O)c(C)n2)cn1. The van der Waals surface area contributed by atoms with Gasteiger partial charge in [-0.15, -0.1) is 0 Å². The number of aryl methyl sites for hydroxylation is 2. The zero-order valence-electron chi connectivity index (χ0n) is 16.5. The number of pyridine rings is 1. The number of fused-ring (bicyclic) bond motifs is 1. The summed E-state index contributed by atoms with van der Waals surface area (Å²) in [6.45, 7) is 3.16. The normalized spacial score (nSPS) is 13.1. The number of carbonyl (C=O) groups is 2. The van der Waals surface area contributed by atoms with Crippen LogP contribution in [0.2, 0.25) is 0 Å². The monoisotopic (exact) mass is 390 g/mol. The van der Waals surface area contributed by atoms with Crippen molar-refractivity contribution in [2.24, 2.45) is 0 Å². The lowest BCUT2D eigenvalue weighted by molar-refractivity contribution is 0.0651. The third kappa shape index (κ3) is 3.63. The molecule has 0 saturated carbocycles. The third-order valence-electron chi connectivity index (χ3n) is 5.13. The molecule has 0 spiro atoms. The van der Waals surface area contributed by atoms with E-state index in [2.05, 4.69) is 14.5 Å². The number of carbonyl (C=O) groups excluding carboxylic acids is 2. The van der Waals surface area contributed by atoms with Gasteiger partial charge in [-0.05, 0) is 38.0 Å². The number of unbranched alkanes of at least 4 members (excludes halogenated alkanes) is 1. The molecule has 2 amide bonds. The van der Waals surface area contributed by atoms with Crippen LogP contribution in [0.1, 0.15) is 39.4 Å². The van der Waals surface area contributed by atoms with Gasteiger partial charge in [0.05, 0.1) is 23.9 Å². The van der Waals surface area contributed by atoms with Gasteiger partial charge in [-0.25, -0.2) is 9.97 Å². The highest BCUT2D eigenvalue weighted by molar-refractivity contribution is 6.21. The van der Waals surface area contributed by atoms with Gasteiger partial charge in [0.2, 0.25) is 5.88 Å². The summed E-state index contributed by atoms with van der Waals surface area (Å²) in [6, 6.07) is 10.7. The molecule has 0 radical (unpaired) electrons. The van der Waals surface area contributed by atoms with E-state index in [1.807, 2.05) is 25.3 Å². The molecule has 4 rings (SSSR count). The molecule has 2 aromatic heterocycles. The van der Waals surface area contributed by atoms with Crippen LogP contribution in [0.25, 0.3) is 11.3 Å². The summed E-state index contributed by atoms with van der Waals surface area (Å²) in [5.74, 6) is 1.09. The lowest BCUT2D eigenvalue weighted by Crippen LogP contribution is -2.30. The predicted octanol–water partition coefficient (Wildman–Crippen LogP) is 3.34. The zero-order valence-corrected chi connectivity index (χ0v) is 16.5. The lowest BCUT2D eigenvalue weighted by Gasteiger charge is -2.13. The average molecular weight is 390 g/mol. The number of imidazole rings is 1. The first kappa shape index (κ1) is 18.9. The minimum absolute atomic E-state index is 0.196. The molecule has 1 aliphatic heterocycles. The van der Waals surface area contributed by atoms with Crippen molar-refractivity contribution >= 4 is 11.8 Å². The fourth-order valence-electron chi connectivity index (χ4n) is 3.52. The van der Waals surface area contributed by atoms with Crippen molar-refractivity contribution in [3.8, 4) is 17.1 Å². The number of hydrogen-bond donors (Lipinski definition) is 0. The topological polar surface area (TPSA) is 77.3 Å². The fourth-order valence-corrected chi connectivity index (χ4v) is 3.52. The Morgan fingerprint density at radius 2 is 1.66 bits per heavy atom. The van der Waals surface area contributed by atoms with E-state index in [4.69, 9.17) is 4.74 Å². The van der Waals surface area contributed by atoms with Gasteiger partial charge >= 0.3 is 0 Å². The van der Waals surface area contributed by atoms with E-state index in [-0.39, 0.29) is 11.8 Å². The van der Waals surface area contributed by atoms with E-state index in [0.29, 0.717) is 23.6 Å². The third-order valence-corrected chi connectivity index (χ3v) is 5.13. The number of imide groups is 1. The first-order valence-electron chi connectivity index (χ1n) is 9.58. The van der Waals surface area contributed by atoms with Crippen LogP contribution in [0.5, 0.6) is 5.88 Å². The maximum Gasteiger partial charge on any atom is 0.261 e. The molecule has 0 bridgehead atoms. The number of amides is 2. The highest BCUT2D eigenvalue weighted by Gasteiger charge is 2.34. The molecule has 3 aromatic rings. The molecule has 0 saturated heterocycles. The minimum Gasteiger partial charge on any atom is -0.481 e. The molecule has 7 heteroatoms. The van der Waals surface area contributed by atoms with E-state index in [1.54, 1.807) is 37.6 Å². The molecule has 0 N–H and O–H groups in total. The van der Waals surface area contributed by atoms with Crippen LogP contribution in [0, 0.1) is 6.92 Å². The minimum atomic E-state index is -0.196. The van der Waals surface area contributed by atoms with E-state index >= 15 is 0 Å². The second kappa shape index (κ2) is 7.87. The first-order chi connectivity index (χ1) is 14.1. The molecule has 1 aromatic carbocycles. The van der Waals surface area contributed by atoms with Crippen LogP contribution in [0.4, 0.5) is 0 Å². The average Bonchev–Trinajstić information content (AvgIpc) is 3.24. The summed E-state index contributed by atoms with van der Waals surface area (Å²) in [6.07, 6.45) is 5.32. The van der Waals surface area contributed by atoms with Gasteiger partial charge in [0, 0.05) is 37.1 Å². The van der Waals surface area contributed by atoms with E-state index in [9.17, 15) is 9.59 Å². The Balaban J connectivity index is 1.34. The molecule has 148 valence electrons. The first-order valence-corrected chi connectivity index (χ1v) is 9.58. The molecular weight excluding hydrogens is 368 g/mol. The molecule has 0 unspecified atom stereocenters. The maximum absolute atomic E-state index is 12.4. The van der Waals surface area contributed by atoms with Crippen molar-refractivity contribution < 1.29 is 14.3 Å². The number of rotatable bonds is 7. The molecule has 29 heavy (non-hydrogen) atoms. The Morgan fingerprint density at radius 1 is 0.966 bits per heavy atom. The Morgan fingerprint density at radius 3 is 2.28 bits per heavy atom. The van der Waals surface area contributed by atoms with Crippen LogP contribution < -0.4 is 4.74 Å².